The summed E-state index contributed by atoms with van der Waals surface area (Å²) in [7, 11) is 0. The van der Waals surface area contributed by atoms with E-state index < -0.39 is 11.2 Å². The number of nitrogens with one attached hydrogen (secondary N) is 3. The lowest BCUT2D eigenvalue weighted by Crippen LogP contribution is -2.44. The number of rotatable bonds is 8. The number of amides is 2. The smallest absolute Gasteiger partial charge is 0.328 e. The lowest BCUT2D eigenvalue weighted by atomic mass is 10.1. The molecule has 2 amide bonds. The van der Waals surface area contributed by atoms with Crippen LogP contribution in [0, 0.1) is 0 Å². The maximum atomic E-state index is 12.7. The third kappa shape index (κ3) is 5.94. The minimum Gasteiger partial charge on any atom is -0.361 e. The van der Waals surface area contributed by atoms with Crippen LogP contribution >= 0.6 is 0 Å². The number of piperidine rings is 1. The lowest BCUT2D eigenvalue weighted by molar-refractivity contribution is -0.133. The third-order valence-corrected chi connectivity index (χ3v) is 5.45. The molecule has 0 radical (unpaired) electrons. The van der Waals surface area contributed by atoms with Gasteiger partial charge >= 0.3 is 5.69 Å². The van der Waals surface area contributed by atoms with Crippen molar-refractivity contribution in [3.8, 4) is 0 Å². The number of H-pyrrole nitrogens is 1. The highest BCUT2D eigenvalue weighted by molar-refractivity contribution is 5.80. The molecule has 34 heavy (non-hydrogen) atoms. The Kier molecular flexibility index (Phi) is 7.10. The Hall–Kier alpha value is -4.29. The van der Waals surface area contributed by atoms with Crippen molar-refractivity contribution >= 4 is 17.6 Å². The normalized spacial score (nSPS) is 15.6. The van der Waals surface area contributed by atoms with Crippen molar-refractivity contribution in [1.29, 1.82) is 0 Å². The van der Waals surface area contributed by atoms with Gasteiger partial charge in [-0.3, -0.25) is 23.9 Å². The van der Waals surface area contributed by atoms with Crippen LogP contribution in [0.25, 0.3) is 0 Å². The molecule has 1 unspecified atom stereocenters. The van der Waals surface area contributed by atoms with Crippen LogP contribution in [0.5, 0.6) is 0 Å². The molecule has 13 heteroatoms. The zero-order valence-corrected chi connectivity index (χ0v) is 18.4. The van der Waals surface area contributed by atoms with E-state index in [0.717, 1.165) is 12.8 Å². The van der Waals surface area contributed by atoms with E-state index in [9.17, 15) is 19.2 Å². The van der Waals surface area contributed by atoms with Crippen molar-refractivity contribution < 1.29 is 9.59 Å². The summed E-state index contributed by atoms with van der Waals surface area (Å²) < 4.78 is 2.88. The molecule has 0 saturated carbocycles. The molecule has 1 fully saturated rings. The first-order valence-electron chi connectivity index (χ1n) is 10.9. The first kappa shape index (κ1) is 22.9. The molecule has 1 aliphatic heterocycles. The summed E-state index contributed by atoms with van der Waals surface area (Å²) in [5.74, 6) is 0.199. The highest BCUT2D eigenvalue weighted by Gasteiger charge is 2.26. The first-order chi connectivity index (χ1) is 16.5. The van der Waals surface area contributed by atoms with Gasteiger partial charge in [-0.1, -0.05) is 11.3 Å². The summed E-state index contributed by atoms with van der Waals surface area (Å²) in [5, 5.41) is 14.0. The van der Waals surface area contributed by atoms with E-state index in [4.69, 9.17) is 0 Å². The van der Waals surface area contributed by atoms with Gasteiger partial charge in [-0.2, -0.15) is 0 Å². The van der Waals surface area contributed by atoms with Gasteiger partial charge in [0, 0.05) is 31.5 Å². The molecule has 1 atom stereocenters. The number of anilines is 1. The fourth-order valence-corrected chi connectivity index (χ4v) is 3.67. The van der Waals surface area contributed by atoms with Gasteiger partial charge in [-0.15, -0.1) is 5.10 Å². The van der Waals surface area contributed by atoms with Gasteiger partial charge in [0.2, 0.25) is 11.8 Å². The Balaban J connectivity index is 1.27. The van der Waals surface area contributed by atoms with Gasteiger partial charge in [0.15, 0.2) is 0 Å². The predicted molar refractivity (Wildman–Crippen MR) is 121 cm³/mol. The Labute approximate surface area is 193 Å². The molecule has 0 aromatic carbocycles. The van der Waals surface area contributed by atoms with E-state index >= 15 is 0 Å². The summed E-state index contributed by atoms with van der Waals surface area (Å²) in [6, 6.07) is 6.54. The van der Waals surface area contributed by atoms with Crippen molar-refractivity contribution in [3.05, 3.63) is 69.4 Å². The topological polar surface area (TPSA) is 160 Å². The third-order valence-electron chi connectivity index (χ3n) is 5.45. The molecular weight excluding hydrogens is 442 g/mol. The number of carbonyl (C=O) groups is 2. The van der Waals surface area contributed by atoms with E-state index in [0.29, 0.717) is 24.6 Å². The molecule has 4 heterocycles. The zero-order chi connectivity index (χ0) is 23.9. The van der Waals surface area contributed by atoms with Gasteiger partial charge in [0.1, 0.15) is 18.1 Å². The van der Waals surface area contributed by atoms with Gasteiger partial charge in [-0.05, 0) is 25.0 Å². The number of hydrogen-bond donors (Lipinski definition) is 3. The molecule has 0 spiro atoms. The molecule has 3 aromatic rings. The molecule has 13 nitrogen and oxygen atoms in total. The van der Waals surface area contributed by atoms with Crippen LogP contribution in [-0.4, -0.2) is 65.9 Å². The zero-order valence-electron chi connectivity index (χ0n) is 18.4. The Morgan fingerprint density at radius 1 is 1.21 bits per heavy atom. The van der Waals surface area contributed by atoms with Crippen LogP contribution in [-0.2, 0) is 22.7 Å². The number of hydrogen-bond acceptors (Lipinski definition) is 8. The Morgan fingerprint density at radius 2 is 2.09 bits per heavy atom. The number of nitrogens with zero attached hydrogens (tertiary/aromatic N) is 6. The van der Waals surface area contributed by atoms with Gasteiger partial charge in [-0.25, -0.2) is 14.5 Å². The van der Waals surface area contributed by atoms with E-state index in [1.54, 1.807) is 34.1 Å². The molecular formula is C21H25N9O4. The van der Waals surface area contributed by atoms with E-state index in [-0.39, 0.29) is 37.5 Å². The van der Waals surface area contributed by atoms with Crippen molar-refractivity contribution in [1.82, 2.24) is 39.7 Å². The maximum absolute atomic E-state index is 12.7. The molecule has 4 rings (SSSR count). The van der Waals surface area contributed by atoms with E-state index in [2.05, 4.69) is 30.9 Å². The molecule has 3 aromatic heterocycles. The van der Waals surface area contributed by atoms with Crippen LogP contribution < -0.4 is 21.9 Å². The van der Waals surface area contributed by atoms with Gasteiger partial charge < -0.3 is 15.5 Å². The summed E-state index contributed by atoms with van der Waals surface area (Å²) in [6.07, 6.45) is 6.32. The van der Waals surface area contributed by atoms with Crippen molar-refractivity contribution in [2.75, 3.05) is 25.0 Å². The van der Waals surface area contributed by atoms with Crippen LogP contribution in [0.4, 0.5) is 5.82 Å². The molecule has 1 aliphatic rings. The Bertz CT molecular complexity index is 1250. The highest BCUT2D eigenvalue weighted by atomic mass is 16.2. The molecule has 178 valence electrons. The minimum absolute atomic E-state index is 0.0622. The van der Waals surface area contributed by atoms with Crippen LogP contribution in [0.3, 0.4) is 0 Å². The molecule has 0 aliphatic carbocycles. The van der Waals surface area contributed by atoms with Gasteiger partial charge in [0.25, 0.3) is 5.56 Å². The number of aromatic amines is 1. The minimum atomic E-state index is -0.618. The standard InChI is InChI=1S/C21H25N9O4/c31-18-6-9-29(21(34)25-18)14-20(33)28-8-3-4-16(13-28)30-12-15(26-27-30)10-24-19(32)11-23-17-5-1-2-7-22-17/h1-2,5-7,9,12,16H,3-4,8,10-11,13-14H2,(H,22,23)(H,24,32)(H,25,31,34). The van der Waals surface area contributed by atoms with Crippen LogP contribution in [0.2, 0.25) is 0 Å². The molecule has 0 bridgehead atoms. The van der Waals surface area contributed by atoms with Crippen LogP contribution in [0.15, 0.2) is 52.4 Å². The van der Waals surface area contributed by atoms with Crippen molar-refractivity contribution in [2.45, 2.75) is 32.0 Å². The highest BCUT2D eigenvalue weighted by Crippen LogP contribution is 2.21. The second kappa shape index (κ2) is 10.6. The summed E-state index contributed by atoms with van der Waals surface area (Å²) in [6.45, 7) is 1.17. The monoisotopic (exact) mass is 467 g/mol. The fraction of sp³-hybridized carbons (Fsp3) is 0.381. The van der Waals surface area contributed by atoms with Crippen molar-refractivity contribution in [2.24, 2.45) is 0 Å². The summed E-state index contributed by atoms with van der Waals surface area (Å²) >= 11 is 0. The molecule has 1 saturated heterocycles. The number of likely N-dealkylation sites (tertiary alicyclic amines) is 1. The predicted octanol–water partition coefficient (Wildman–Crippen LogP) is -0.885. The summed E-state index contributed by atoms with van der Waals surface area (Å²) in [5.41, 5.74) is -0.517. The van der Waals surface area contributed by atoms with E-state index in [1.807, 2.05) is 6.07 Å². The maximum Gasteiger partial charge on any atom is 0.328 e. The average molecular weight is 467 g/mol. The largest absolute Gasteiger partial charge is 0.361 e. The fourth-order valence-electron chi connectivity index (χ4n) is 3.67. The first-order valence-corrected chi connectivity index (χ1v) is 10.9. The molecule has 3 N–H and O–H groups in total. The average Bonchev–Trinajstić information content (AvgIpc) is 3.33. The van der Waals surface area contributed by atoms with Crippen LogP contribution in [0.1, 0.15) is 24.6 Å². The van der Waals surface area contributed by atoms with Crippen molar-refractivity contribution in [3.63, 3.8) is 0 Å². The van der Waals surface area contributed by atoms with E-state index in [1.165, 1.54) is 16.8 Å². The second-order valence-corrected chi connectivity index (χ2v) is 7.91. The SMILES string of the molecule is O=C(CNc1ccccn1)NCc1cn(C2CCCN(C(=O)Cn3ccc(=O)[nH]c3=O)C2)nn1. The Morgan fingerprint density at radius 3 is 2.88 bits per heavy atom. The summed E-state index contributed by atoms with van der Waals surface area (Å²) in [4.78, 5) is 55.7. The second-order valence-electron chi connectivity index (χ2n) is 7.91. The number of pyridine rings is 1. The lowest BCUT2D eigenvalue weighted by Gasteiger charge is -2.32. The van der Waals surface area contributed by atoms with Gasteiger partial charge in [0.05, 0.1) is 25.3 Å². The number of aromatic nitrogens is 6. The number of carbonyl (C=O) groups excluding carboxylic acids is 2. The quantitative estimate of drug-likeness (QED) is 0.385.